The van der Waals surface area contributed by atoms with Crippen LogP contribution in [0.25, 0.3) is 11.3 Å². The quantitative estimate of drug-likeness (QED) is 0.520. The van der Waals surface area contributed by atoms with Gasteiger partial charge in [-0.05, 0) is 18.6 Å². The molecule has 0 atom stereocenters. The van der Waals surface area contributed by atoms with E-state index in [0.29, 0.717) is 12.2 Å². The average Bonchev–Trinajstić information content (AvgIpc) is 3.21. The van der Waals surface area contributed by atoms with E-state index in [4.69, 9.17) is 9.40 Å². The molecule has 2 heterocycles. The van der Waals surface area contributed by atoms with Crippen LogP contribution in [0.3, 0.4) is 0 Å². The first-order valence-electron chi connectivity index (χ1n) is 11.2. The van der Waals surface area contributed by atoms with Gasteiger partial charge in [0.05, 0.1) is 12.2 Å². The lowest BCUT2D eigenvalue weighted by Crippen LogP contribution is -2.48. The molecule has 5 nitrogen and oxygen atoms in total. The minimum atomic E-state index is -0.138. The predicted octanol–water partition coefficient (Wildman–Crippen LogP) is 4.35. The number of nitrogens with one attached hydrogen (secondary N) is 1. The molecule has 0 aliphatic carbocycles. The molecule has 0 unspecified atom stereocenters. The summed E-state index contributed by atoms with van der Waals surface area (Å²) >= 11 is 0. The number of hydrogen-bond acceptors (Lipinski definition) is 5. The zero-order valence-corrected chi connectivity index (χ0v) is 18.2. The van der Waals surface area contributed by atoms with Crippen molar-refractivity contribution in [2.24, 2.45) is 0 Å². The van der Waals surface area contributed by atoms with Crippen LogP contribution in [-0.4, -0.2) is 49.2 Å². The minimum absolute atomic E-state index is 0.138. The SMILES string of the molecule is CCCc1nc(-c2ccccc2)c(CNCCN2CCN(c3ccccc3F)CC2)o1. The van der Waals surface area contributed by atoms with Crippen molar-refractivity contribution in [1.82, 2.24) is 15.2 Å². The summed E-state index contributed by atoms with van der Waals surface area (Å²) < 4.78 is 20.1. The van der Waals surface area contributed by atoms with Gasteiger partial charge < -0.3 is 14.6 Å². The van der Waals surface area contributed by atoms with Crippen molar-refractivity contribution in [3.63, 3.8) is 0 Å². The second-order valence-electron chi connectivity index (χ2n) is 7.95. The van der Waals surface area contributed by atoms with Crippen LogP contribution in [0.15, 0.2) is 59.0 Å². The Bertz CT molecular complexity index is 951. The molecular formula is C25H31FN4O. The highest BCUT2D eigenvalue weighted by molar-refractivity contribution is 5.61. The Morgan fingerprint density at radius 1 is 1.00 bits per heavy atom. The molecule has 164 valence electrons. The van der Waals surface area contributed by atoms with Gasteiger partial charge in [-0.1, -0.05) is 49.4 Å². The number of halogens is 1. The Labute approximate surface area is 183 Å². The van der Waals surface area contributed by atoms with E-state index >= 15 is 0 Å². The van der Waals surface area contributed by atoms with Crippen LogP contribution in [0.5, 0.6) is 0 Å². The van der Waals surface area contributed by atoms with Crippen LogP contribution in [-0.2, 0) is 13.0 Å². The molecule has 0 radical (unpaired) electrons. The maximum absolute atomic E-state index is 14.0. The van der Waals surface area contributed by atoms with Crippen molar-refractivity contribution in [3.05, 3.63) is 72.1 Å². The summed E-state index contributed by atoms with van der Waals surface area (Å²) in [5.74, 6) is 1.57. The van der Waals surface area contributed by atoms with Crippen LogP contribution in [0, 0.1) is 5.82 Å². The lowest BCUT2D eigenvalue weighted by atomic mass is 10.1. The predicted molar refractivity (Wildman–Crippen MR) is 123 cm³/mol. The van der Waals surface area contributed by atoms with Gasteiger partial charge >= 0.3 is 0 Å². The molecule has 1 fully saturated rings. The van der Waals surface area contributed by atoms with E-state index in [2.05, 4.69) is 34.2 Å². The zero-order chi connectivity index (χ0) is 21.5. The fourth-order valence-corrected chi connectivity index (χ4v) is 4.02. The van der Waals surface area contributed by atoms with Crippen LogP contribution in [0.4, 0.5) is 10.1 Å². The van der Waals surface area contributed by atoms with Gasteiger partial charge in [0.1, 0.15) is 17.3 Å². The minimum Gasteiger partial charge on any atom is -0.444 e. The molecule has 0 saturated carbocycles. The molecule has 2 aromatic carbocycles. The van der Waals surface area contributed by atoms with E-state index < -0.39 is 0 Å². The van der Waals surface area contributed by atoms with Crippen molar-refractivity contribution in [3.8, 4) is 11.3 Å². The first-order chi connectivity index (χ1) is 15.2. The topological polar surface area (TPSA) is 44.5 Å². The molecular weight excluding hydrogens is 391 g/mol. The summed E-state index contributed by atoms with van der Waals surface area (Å²) in [7, 11) is 0. The summed E-state index contributed by atoms with van der Waals surface area (Å²) in [4.78, 5) is 9.29. The number of oxazole rings is 1. The fraction of sp³-hybridized carbons (Fsp3) is 0.400. The van der Waals surface area contributed by atoms with E-state index in [9.17, 15) is 4.39 Å². The van der Waals surface area contributed by atoms with Gasteiger partial charge in [-0.15, -0.1) is 0 Å². The number of aryl methyl sites for hydroxylation is 1. The summed E-state index contributed by atoms with van der Waals surface area (Å²) in [6, 6.07) is 17.3. The number of anilines is 1. The van der Waals surface area contributed by atoms with Gasteiger partial charge in [0.2, 0.25) is 0 Å². The van der Waals surface area contributed by atoms with E-state index in [-0.39, 0.29) is 5.82 Å². The van der Waals surface area contributed by atoms with E-state index in [1.807, 2.05) is 30.3 Å². The molecule has 1 aliphatic rings. The van der Waals surface area contributed by atoms with Gasteiger partial charge in [0.25, 0.3) is 0 Å². The molecule has 1 N–H and O–H groups in total. The Morgan fingerprint density at radius 3 is 2.48 bits per heavy atom. The van der Waals surface area contributed by atoms with Crippen LogP contribution in [0.1, 0.15) is 25.0 Å². The highest BCUT2D eigenvalue weighted by Gasteiger charge is 2.19. The summed E-state index contributed by atoms with van der Waals surface area (Å²) in [5, 5.41) is 3.52. The molecule has 1 aromatic heterocycles. The fourth-order valence-electron chi connectivity index (χ4n) is 4.02. The highest BCUT2D eigenvalue weighted by Crippen LogP contribution is 2.24. The molecule has 0 amide bonds. The van der Waals surface area contributed by atoms with E-state index in [1.54, 1.807) is 6.07 Å². The van der Waals surface area contributed by atoms with Crippen LogP contribution < -0.4 is 10.2 Å². The van der Waals surface area contributed by atoms with E-state index in [0.717, 1.165) is 75.0 Å². The van der Waals surface area contributed by atoms with Crippen molar-refractivity contribution >= 4 is 5.69 Å². The van der Waals surface area contributed by atoms with Crippen molar-refractivity contribution < 1.29 is 8.81 Å². The third-order valence-electron chi connectivity index (χ3n) is 5.71. The molecule has 3 aromatic rings. The Hall–Kier alpha value is -2.70. The maximum atomic E-state index is 14.0. The van der Waals surface area contributed by atoms with Crippen molar-refractivity contribution in [2.75, 3.05) is 44.2 Å². The summed E-state index contributed by atoms with van der Waals surface area (Å²) in [5.41, 5.74) is 2.74. The van der Waals surface area contributed by atoms with Gasteiger partial charge in [0, 0.05) is 51.3 Å². The standard InChI is InChI=1S/C25H31FN4O/c1-2-8-24-28-25(20-9-4-3-5-10-20)23(31-24)19-27-13-14-29-15-17-30(18-16-29)22-12-7-6-11-21(22)26/h3-7,9-12,27H,2,8,13-19H2,1H3. The van der Waals surface area contributed by atoms with E-state index in [1.165, 1.54) is 6.07 Å². The van der Waals surface area contributed by atoms with Gasteiger partial charge in [0.15, 0.2) is 5.89 Å². The Balaban J connectivity index is 1.26. The first-order valence-corrected chi connectivity index (χ1v) is 11.2. The zero-order valence-electron chi connectivity index (χ0n) is 18.2. The third kappa shape index (κ3) is 5.51. The lowest BCUT2D eigenvalue weighted by Gasteiger charge is -2.36. The lowest BCUT2D eigenvalue weighted by molar-refractivity contribution is 0.255. The number of rotatable bonds is 9. The number of piperazine rings is 1. The number of nitrogens with zero attached hydrogens (tertiary/aromatic N) is 3. The molecule has 1 aliphatic heterocycles. The summed E-state index contributed by atoms with van der Waals surface area (Å²) in [6.45, 7) is 8.21. The Morgan fingerprint density at radius 2 is 1.74 bits per heavy atom. The second-order valence-corrected chi connectivity index (χ2v) is 7.95. The average molecular weight is 423 g/mol. The highest BCUT2D eigenvalue weighted by atomic mass is 19.1. The second kappa shape index (κ2) is 10.6. The molecule has 0 spiro atoms. The number of aromatic nitrogens is 1. The first kappa shape index (κ1) is 21.5. The number of hydrogen-bond donors (Lipinski definition) is 1. The van der Waals surface area contributed by atoms with Crippen LogP contribution >= 0.6 is 0 Å². The smallest absolute Gasteiger partial charge is 0.195 e. The number of para-hydroxylation sites is 1. The molecule has 1 saturated heterocycles. The number of benzene rings is 2. The van der Waals surface area contributed by atoms with Gasteiger partial charge in [-0.3, -0.25) is 4.90 Å². The summed E-state index contributed by atoms with van der Waals surface area (Å²) in [6.07, 6.45) is 1.87. The maximum Gasteiger partial charge on any atom is 0.195 e. The van der Waals surface area contributed by atoms with Crippen molar-refractivity contribution in [1.29, 1.82) is 0 Å². The largest absolute Gasteiger partial charge is 0.444 e. The van der Waals surface area contributed by atoms with Crippen LogP contribution in [0.2, 0.25) is 0 Å². The molecule has 6 heteroatoms. The molecule has 4 rings (SSSR count). The Kier molecular flexibility index (Phi) is 7.33. The van der Waals surface area contributed by atoms with Gasteiger partial charge in [-0.25, -0.2) is 9.37 Å². The normalized spacial score (nSPS) is 14.8. The van der Waals surface area contributed by atoms with Crippen molar-refractivity contribution in [2.45, 2.75) is 26.3 Å². The third-order valence-corrected chi connectivity index (χ3v) is 5.71. The van der Waals surface area contributed by atoms with Gasteiger partial charge in [-0.2, -0.15) is 0 Å². The monoisotopic (exact) mass is 422 g/mol. The molecule has 0 bridgehead atoms. The molecule has 31 heavy (non-hydrogen) atoms.